The number of hydrazine groups is 1. The van der Waals surface area contributed by atoms with E-state index < -0.39 is 17.6 Å². The molecule has 3 heterocycles. The van der Waals surface area contributed by atoms with Gasteiger partial charge >= 0.3 is 6.18 Å². The molecule has 2 aromatic heterocycles. The van der Waals surface area contributed by atoms with Crippen molar-refractivity contribution in [3.05, 3.63) is 70.7 Å². The molecular formula is C26H32F3N9O. The number of aromatic nitrogens is 3. The molecule has 208 valence electrons. The van der Waals surface area contributed by atoms with Gasteiger partial charge in [0, 0.05) is 56.2 Å². The number of nitrogens with two attached hydrogens (primary N) is 2. The van der Waals surface area contributed by atoms with E-state index in [1.807, 2.05) is 20.9 Å². The Morgan fingerprint density at radius 3 is 2.41 bits per heavy atom. The molecule has 3 aromatic rings. The van der Waals surface area contributed by atoms with Gasteiger partial charge in [0.05, 0.1) is 23.1 Å². The van der Waals surface area contributed by atoms with Gasteiger partial charge in [-0.3, -0.25) is 14.5 Å². The van der Waals surface area contributed by atoms with Gasteiger partial charge in [0.15, 0.2) is 0 Å². The number of carbonyl (C=O) groups is 1. The van der Waals surface area contributed by atoms with Crippen LogP contribution < -0.4 is 26.8 Å². The van der Waals surface area contributed by atoms with Crippen LogP contribution in [0.1, 0.15) is 32.7 Å². The third-order valence-corrected chi connectivity index (χ3v) is 6.78. The number of pyridine rings is 1. The van der Waals surface area contributed by atoms with Crippen molar-refractivity contribution < 1.29 is 18.0 Å². The molecule has 4 rings (SSSR count). The van der Waals surface area contributed by atoms with Crippen LogP contribution in [-0.2, 0) is 13.2 Å². The smallest absolute Gasteiger partial charge is 0.397 e. The molecule has 0 bridgehead atoms. The maximum Gasteiger partial charge on any atom is 0.416 e. The summed E-state index contributed by atoms with van der Waals surface area (Å²) in [6, 6.07) is 6.65. The number of halogens is 3. The Bertz CT molecular complexity index is 1390. The molecule has 1 amide bonds. The molecule has 1 saturated heterocycles. The number of carbonyl (C=O) groups excluding carboxylic acids is 1. The van der Waals surface area contributed by atoms with Crippen molar-refractivity contribution in [2.75, 3.05) is 48.5 Å². The van der Waals surface area contributed by atoms with Crippen molar-refractivity contribution >= 4 is 28.9 Å². The van der Waals surface area contributed by atoms with Crippen molar-refractivity contribution in [3.63, 3.8) is 0 Å². The summed E-state index contributed by atoms with van der Waals surface area (Å²) >= 11 is 0. The molecule has 0 spiro atoms. The number of nitrogens with zero attached hydrogens (tertiary/aromatic N) is 6. The van der Waals surface area contributed by atoms with Crippen molar-refractivity contribution in [1.29, 1.82) is 0 Å². The first-order chi connectivity index (χ1) is 18.3. The third-order valence-electron chi connectivity index (χ3n) is 6.78. The number of aryl methyl sites for hydroxylation is 2. The number of rotatable bonds is 6. The van der Waals surface area contributed by atoms with Crippen molar-refractivity contribution in [2.24, 2.45) is 18.6 Å². The lowest BCUT2D eigenvalue weighted by Gasteiger charge is -2.33. The quantitative estimate of drug-likeness (QED) is 0.320. The zero-order chi connectivity index (χ0) is 28.5. The fraction of sp³-hybridized carbons (Fsp3) is 0.346. The summed E-state index contributed by atoms with van der Waals surface area (Å²) in [5.41, 5.74) is 8.73. The molecule has 1 aliphatic rings. The summed E-state index contributed by atoms with van der Waals surface area (Å²) in [6.07, 6.45) is -1.45. The van der Waals surface area contributed by atoms with Gasteiger partial charge in [-0.15, -0.1) is 0 Å². The molecule has 39 heavy (non-hydrogen) atoms. The minimum Gasteiger partial charge on any atom is -0.397 e. The van der Waals surface area contributed by atoms with Crippen LogP contribution in [0.5, 0.6) is 0 Å². The minimum absolute atomic E-state index is 0.164. The number of hydrogen-bond acceptors (Lipinski definition) is 8. The number of benzene rings is 1. The van der Waals surface area contributed by atoms with E-state index in [4.69, 9.17) is 11.6 Å². The highest BCUT2D eigenvalue weighted by atomic mass is 19.4. The molecule has 1 fully saturated rings. The van der Waals surface area contributed by atoms with E-state index in [1.54, 1.807) is 41.0 Å². The van der Waals surface area contributed by atoms with Gasteiger partial charge in [0.25, 0.3) is 5.91 Å². The lowest BCUT2D eigenvalue weighted by Crippen LogP contribution is -2.45. The molecule has 13 heteroatoms. The summed E-state index contributed by atoms with van der Waals surface area (Å²) in [6.45, 7) is 6.13. The summed E-state index contributed by atoms with van der Waals surface area (Å²) in [5.74, 6) is 5.62. The average molecular weight is 544 g/mol. The molecule has 0 unspecified atom stereocenters. The number of piperazine rings is 1. The van der Waals surface area contributed by atoms with Gasteiger partial charge in [-0.05, 0) is 50.7 Å². The first kappa shape index (κ1) is 27.9. The zero-order valence-corrected chi connectivity index (χ0v) is 22.3. The Morgan fingerprint density at radius 1 is 1.10 bits per heavy atom. The number of likely N-dealkylation sites (N-methyl/N-ethyl adjacent to an activating group) is 1. The van der Waals surface area contributed by atoms with E-state index in [0.717, 1.165) is 23.4 Å². The fourth-order valence-corrected chi connectivity index (χ4v) is 4.23. The van der Waals surface area contributed by atoms with Crippen molar-refractivity contribution in [1.82, 2.24) is 19.7 Å². The maximum absolute atomic E-state index is 13.7. The van der Waals surface area contributed by atoms with E-state index >= 15 is 0 Å². The van der Waals surface area contributed by atoms with Crippen LogP contribution in [0.4, 0.5) is 30.5 Å². The first-order valence-electron chi connectivity index (χ1n) is 12.3. The molecule has 0 atom stereocenters. The van der Waals surface area contributed by atoms with Gasteiger partial charge in [0.2, 0.25) is 0 Å². The number of nitrogens with one attached hydrogen (secondary N) is 1. The molecule has 10 nitrogen and oxygen atoms in total. The summed E-state index contributed by atoms with van der Waals surface area (Å²) in [4.78, 5) is 21.3. The molecule has 0 radical (unpaired) electrons. The van der Waals surface area contributed by atoms with Gasteiger partial charge in [-0.2, -0.15) is 18.3 Å². The first-order valence-corrected chi connectivity index (χ1v) is 12.3. The van der Waals surface area contributed by atoms with Crippen LogP contribution >= 0.6 is 0 Å². The van der Waals surface area contributed by atoms with Crippen molar-refractivity contribution in [2.45, 2.75) is 20.0 Å². The lowest BCUT2D eigenvalue weighted by atomic mass is 10.1. The van der Waals surface area contributed by atoms with Crippen LogP contribution in [0.25, 0.3) is 5.70 Å². The second-order valence-corrected chi connectivity index (χ2v) is 9.60. The summed E-state index contributed by atoms with van der Waals surface area (Å²) in [5, 5.41) is 7.99. The lowest BCUT2D eigenvalue weighted by molar-refractivity contribution is -0.137. The number of alkyl halides is 3. The maximum atomic E-state index is 13.7. The van der Waals surface area contributed by atoms with Crippen LogP contribution in [-0.4, -0.2) is 58.8 Å². The molecule has 5 N–H and O–H groups in total. The van der Waals surface area contributed by atoms with Gasteiger partial charge < -0.3 is 20.9 Å². The Kier molecular flexibility index (Phi) is 7.84. The zero-order valence-electron chi connectivity index (χ0n) is 22.3. The van der Waals surface area contributed by atoms with Gasteiger partial charge in [0.1, 0.15) is 11.6 Å². The SMILES string of the molecule is Cc1ccc(C(=O)Nc2cc(C(F)(F)F)cc(N3CCN(C)CC3)n2)cc1N(N)/C=C(\N)c1cnn(C)c1C. The standard InChI is InChI=1S/C26H32F3N9O/c1-16-5-6-18(11-22(16)38(31)15-21(30)20-14-32-36(4)17(20)2)25(39)34-23-12-19(26(27,28)29)13-24(33-23)37-9-7-35(3)8-10-37/h5-6,11-15H,7-10,30-31H2,1-4H3,(H,33,34,39)/b21-15-. The average Bonchev–Trinajstić information content (AvgIpc) is 3.21. The predicted molar refractivity (Wildman–Crippen MR) is 145 cm³/mol. The minimum atomic E-state index is -4.60. The number of hydrogen-bond donors (Lipinski definition) is 3. The highest BCUT2D eigenvalue weighted by Gasteiger charge is 2.33. The molecular weight excluding hydrogens is 511 g/mol. The third kappa shape index (κ3) is 6.32. The predicted octanol–water partition coefficient (Wildman–Crippen LogP) is 3.09. The van der Waals surface area contributed by atoms with Crippen LogP contribution in [0.3, 0.4) is 0 Å². The Balaban J connectivity index is 1.59. The Labute approximate surface area is 224 Å². The summed E-state index contributed by atoms with van der Waals surface area (Å²) < 4.78 is 42.7. The summed E-state index contributed by atoms with van der Waals surface area (Å²) in [7, 11) is 3.75. The van der Waals surface area contributed by atoms with Crippen molar-refractivity contribution in [3.8, 4) is 0 Å². The van der Waals surface area contributed by atoms with Gasteiger partial charge in [-0.25, -0.2) is 10.8 Å². The Hall–Kier alpha value is -4.10. The normalized spacial score (nSPS) is 15.0. The fourth-order valence-electron chi connectivity index (χ4n) is 4.23. The highest BCUT2D eigenvalue weighted by molar-refractivity contribution is 6.04. The number of anilines is 3. The molecule has 0 saturated carbocycles. The second-order valence-electron chi connectivity index (χ2n) is 9.60. The molecule has 1 aromatic carbocycles. The van der Waals surface area contributed by atoms with Crippen LogP contribution in [0, 0.1) is 13.8 Å². The van der Waals surface area contributed by atoms with Crippen LogP contribution in [0.15, 0.2) is 42.7 Å². The molecule has 1 aliphatic heterocycles. The van der Waals surface area contributed by atoms with E-state index in [-0.39, 0.29) is 17.2 Å². The van der Waals surface area contributed by atoms with E-state index in [9.17, 15) is 18.0 Å². The second kappa shape index (κ2) is 10.9. The Morgan fingerprint density at radius 2 is 1.79 bits per heavy atom. The largest absolute Gasteiger partial charge is 0.416 e. The van der Waals surface area contributed by atoms with Crippen LogP contribution in [0.2, 0.25) is 0 Å². The van der Waals surface area contributed by atoms with E-state index in [0.29, 0.717) is 43.1 Å². The molecule has 0 aliphatic carbocycles. The topological polar surface area (TPSA) is 122 Å². The van der Waals surface area contributed by atoms with E-state index in [2.05, 4.69) is 20.3 Å². The highest BCUT2D eigenvalue weighted by Crippen LogP contribution is 2.33. The number of amides is 1. The van der Waals surface area contributed by atoms with Gasteiger partial charge in [-0.1, -0.05) is 6.07 Å². The van der Waals surface area contributed by atoms with E-state index in [1.165, 1.54) is 11.2 Å². The monoisotopic (exact) mass is 543 g/mol.